The van der Waals surface area contributed by atoms with Crippen molar-refractivity contribution in [2.24, 2.45) is 7.05 Å². The first-order valence-corrected chi connectivity index (χ1v) is 7.23. The number of hydrogen-bond acceptors (Lipinski definition) is 3. The number of ether oxygens (including phenoxy) is 1. The van der Waals surface area contributed by atoms with E-state index in [9.17, 15) is 9.90 Å². The molecule has 2 rings (SSSR count). The number of methoxy groups -OCH3 is 1. The minimum Gasteiger partial charge on any atom is -0.497 e. The number of halogens is 1. The van der Waals surface area contributed by atoms with Gasteiger partial charge >= 0.3 is 0 Å². The van der Waals surface area contributed by atoms with E-state index in [0.29, 0.717) is 15.8 Å². The van der Waals surface area contributed by atoms with Gasteiger partial charge in [-0.3, -0.25) is 4.79 Å². The highest BCUT2D eigenvalue weighted by Gasteiger charge is 2.15. The number of carbonyl (C=O) groups excluding carboxylic acids is 1. The first-order chi connectivity index (χ1) is 10.0. The van der Waals surface area contributed by atoms with Gasteiger partial charge in [0.1, 0.15) is 11.9 Å². The Bertz CT molecular complexity index is 640. The Morgan fingerprint density at radius 1 is 1.48 bits per heavy atom. The quantitative estimate of drug-likeness (QED) is 0.867. The van der Waals surface area contributed by atoms with Crippen LogP contribution in [0.2, 0.25) is 0 Å². The van der Waals surface area contributed by atoms with Crippen molar-refractivity contribution in [1.82, 2.24) is 9.88 Å². The van der Waals surface area contributed by atoms with Crippen molar-refractivity contribution in [3.05, 3.63) is 52.3 Å². The third kappa shape index (κ3) is 3.65. The standard InChI is InChI=1S/C15H17BrN2O3/c1-18-7-3-4-13(18)14(19)9-17-15(20)11-8-10(21-2)5-6-12(11)16/h3-8,14,19H,9H2,1-2H3,(H,17,20)/t14-/m1/s1. The highest BCUT2D eigenvalue weighted by Crippen LogP contribution is 2.22. The Kier molecular flexibility index (Phi) is 5.03. The van der Waals surface area contributed by atoms with Gasteiger partial charge in [-0.2, -0.15) is 0 Å². The van der Waals surface area contributed by atoms with Crippen LogP contribution in [-0.4, -0.2) is 29.2 Å². The molecule has 1 aromatic carbocycles. The number of benzene rings is 1. The Morgan fingerprint density at radius 2 is 2.24 bits per heavy atom. The van der Waals surface area contributed by atoms with Gasteiger partial charge in [-0.25, -0.2) is 0 Å². The van der Waals surface area contributed by atoms with E-state index in [1.807, 2.05) is 29.9 Å². The molecule has 0 saturated carbocycles. The minimum atomic E-state index is -0.752. The topological polar surface area (TPSA) is 63.5 Å². The molecule has 1 aromatic heterocycles. The minimum absolute atomic E-state index is 0.139. The van der Waals surface area contributed by atoms with E-state index in [-0.39, 0.29) is 12.5 Å². The first-order valence-electron chi connectivity index (χ1n) is 6.44. The Hall–Kier alpha value is -1.79. The van der Waals surface area contributed by atoms with Gasteiger partial charge in [-0.15, -0.1) is 0 Å². The summed E-state index contributed by atoms with van der Waals surface area (Å²) in [6, 6.07) is 8.83. The van der Waals surface area contributed by atoms with Gasteiger partial charge < -0.3 is 19.7 Å². The second-order valence-corrected chi connectivity index (χ2v) is 5.47. The average Bonchev–Trinajstić information content (AvgIpc) is 2.91. The fraction of sp³-hybridized carbons (Fsp3) is 0.267. The van der Waals surface area contributed by atoms with Crippen LogP contribution in [0.15, 0.2) is 41.0 Å². The normalized spacial score (nSPS) is 12.0. The van der Waals surface area contributed by atoms with Crippen LogP contribution in [0.25, 0.3) is 0 Å². The van der Waals surface area contributed by atoms with Crippen molar-refractivity contribution in [3.63, 3.8) is 0 Å². The van der Waals surface area contributed by atoms with Crippen molar-refractivity contribution in [3.8, 4) is 5.75 Å². The predicted octanol–water partition coefficient (Wildman–Crippen LogP) is 2.26. The highest BCUT2D eigenvalue weighted by molar-refractivity contribution is 9.10. The Morgan fingerprint density at radius 3 is 2.86 bits per heavy atom. The van der Waals surface area contributed by atoms with E-state index in [1.54, 1.807) is 25.3 Å². The average molecular weight is 353 g/mol. The molecule has 5 nitrogen and oxygen atoms in total. The van der Waals surface area contributed by atoms with E-state index >= 15 is 0 Å². The first kappa shape index (κ1) is 15.6. The van der Waals surface area contributed by atoms with Crippen molar-refractivity contribution in [2.45, 2.75) is 6.10 Å². The van der Waals surface area contributed by atoms with Gasteiger partial charge in [0.2, 0.25) is 0 Å². The molecule has 0 aliphatic rings. The van der Waals surface area contributed by atoms with Crippen LogP contribution in [0.1, 0.15) is 22.2 Å². The highest BCUT2D eigenvalue weighted by atomic mass is 79.9. The second kappa shape index (κ2) is 6.78. The molecule has 0 aliphatic carbocycles. The zero-order chi connectivity index (χ0) is 15.4. The van der Waals surface area contributed by atoms with E-state index in [2.05, 4.69) is 21.2 Å². The molecule has 1 atom stereocenters. The lowest BCUT2D eigenvalue weighted by atomic mass is 10.2. The summed E-state index contributed by atoms with van der Waals surface area (Å²) >= 11 is 3.33. The number of aliphatic hydroxyl groups excluding tert-OH is 1. The Labute approximate surface area is 131 Å². The van der Waals surface area contributed by atoms with Crippen molar-refractivity contribution in [2.75, 3.05) is 13.7 Å². The lowest BCUT2D eigenvalue weighted by Crippen LogP contribution is -2.29. The number of hydrogen-bond donors (Lipinski definition) is 2. The molecule has 2 aromatic rings. The largest absolute Gasteiger partial charge is 0.497 e. The smallest absolute Gasteiger partial charge is 0.252 e. The van der Waals surface area contributed by atoms with Crippen LogP contribution >= 0.6 is 15.9 Å². The summed E-state index contributed by atoms with van der Waals surface area (Å²) < 4.78 is 7.60. The van der Waals surface area contributed by atoms with Crippen LogP contribution in [-0.2, 0) is 7.05 Å². The van der Waals surface area contributed by atoms with Crippen LogP contribution in [0.5, 0.6) is 5.75 Å². The molecule has 1 heterocycles. The van der Waals surface area contributed by atoms with Crippen LogP contribution in [0.4, 0.5) is 0 Å². The molecule has 0 radical (unpaired) electrons. The van der Waals surface area contributed by atoms with Gasteiger partial charge in [-0.05, 0) is 46.3 Å². The van der Waals surface area contributed by atoms with E-state index in [0.717, 1.165) is 5.69 Å². The summed E-state index contributed by atoms with van der Waals surface area (Å²) in [6.45, 7) is 0.139. The van der Waals surface area contributed by atoms with Gasteiger partial charge in [0, 0.05) is 30.0 Å². The number of nitrogens with zero attached hydrogens (tertiary/aromatic N) is 1. The zero-order valence-corrected chi connectivity index (χ0v) is 13.4. The number of aryl methyl sites for hydroxylation is 1. The summed E-state index contributed by atoms with van der Waals surface area (Å²) in [6.07, 6.45) is 1.09. The van der Waals surface area contributed by atoms with Gasteiger partial charge in [0.05, 0.1) is 12.7 Å². The molecule has 112 valence electrons. The fourth-order valence-corrected chi connectivity index (χ4v) is 2.44. The van der Waals surface area contributed by atoms with Crippen LogP contribution in [0.3, 0.4) is 0 Å². The molecular weight excluding hydrogens is 336 g/mol. The van der Waals surface area contributed by atoms with Crippen LogP contribution < -0.4 is 10.1 Å². The lowest BCUT2D eigenvalue weighted by molar-refractivity contribution is 0.0911. The predicted molar refractivity (Wildman–Crippen MR) is 83.4 cm³/mol. The number of amides is 1. The number of aromatic nitrogens is 1. The van der Waals surface area contributed by atoms with Crippen molar-refractivity contribution >= 4 is 21.8 Å². The summed E-state index contributed by atoms with van der Waals surface area (Å²) in [7, 11) is 3.39. The summed E-state index contributed by atoms with van der Waals surface area (Å²) in [5.74, 6) is 0.334. The monoisotopic (exact) mass is 352 g/mol. The van der Waals surface area contributed by atoms with E-state index < -0.39 is 6.10 Å². The molecule has 0 bridgehead atoms. The maximum absolute atomic E-state index is 12.2. The lowest BCUT2D eigenvalue weighted by Gasteiger charge is -2.14. The van der Waals surface area contributed by atoms with Crippen molar-refractivity contribution in [1.29, 1.82) is 0 Å². The fourth-order valence-electron chi connectivity index (χ4n) is 2.02. The van der Waals surface area contributed by atoms with E-state index in [4.69, 9.17) is 4.74 Å². The summed E-state index contributed by atoms with van der Waals surface area (Å²) in [5.41, 5.74) is 1.22. The number of nitrogens with one attached hydrogen (secondary N) is 1. The zero-order valence-electron chi connectivity index (χ0n) is 11.8. The third-order valence-electron chi connectivity index (χ3n) is 3.20. The molecule has 0 aliphatic heterocycles. The molecular formula is C15H17BrN2O3. The molecule has 6 heteroatoms. The third-order valence-corrected chi connectivity index (χ3v) is 3.89. The number of aliphatic hydroxyl groups is 1. The van der Waals surface area contributed by atoms with Crippen LogP contribution in [0, 0.1) is 0 Å². The summed E-state index contributed by atoms with van der Waals surface area (Å²) in [4.78, 5) is 12.2. The van der Waals surface area contributed by atoms with Gasteiger partial charge in [-0.1, -0.05) is 0 Å². The number of rotatable bonds is 5. The molecule has 2 N–H and O–H groups in total. The van der Waals surface area contributed by atoms with Gasteiger partial charge in [0.15, 0.2) is 0 Å². The molecule has 0 spiro atoms. The second-order valence-electron chi connectivity index (χ2n) is 4.62. The van der Waals surface area contributed by atoms with Gasteiger partial charge in [0.25, 0.3) is 5.91 Å². The molecule has 21 heavy (non-hydrogen) atoms. The molecule has 0 fully saturated rings. The summed E-state index contributed by atoms with van der Waals surface area (Å²) in [5, 5.41) is 12.8. The molecule has 0 unspecified atom stereocenters. The number of carbonyl (C=O) groups is 1. The van der Waals surface area contributed by atoms with Crippen molar-refractivity contribution < 1.29 is 14.6 Å². The maximum Gasteiger partial charge on any atom is 0.252 e. The SMILES string of the molecule is COc1ccc(Br)c(C(=O)NC[C@@H](O)c2cccn2C)c1. The van der Waals surface area contributed by atoms with E-state index in [1.165, 1.54) is 0 Å². The Balaban J connectivity index is 2.03. The molecule has 0 saturated heterocycles. The molecule has 1 amide bonds. The maximum atomic E-state index is 12.2.